The predicted molar refractivity (Wildman–Crippen MR) is 82.7 cm³/mol. The van der Waals surface area contributed by atoms with Crippen molar-refractivity contribution in [1.29, 1.82) is 0 Å². The lowest BCUT2D eigenvalue weighted by Crippen LogP contribution is -2.42. The fourth-order valence-corrected chi connectivity index (χ4v) is 5.52. The van der Waals surface area contributed by atoms with Crippen LogP contribution in [0.2, 0.25) is 5.02 Å². The highest BCUT2D eigenvalue weighted by atomic mass is 35.5. The van der Waals surface area contributed by atoms with Crippen LogP contribution in [-0.4, -0.2) is 10.9 Å². The number of halogens is 1. The third-order valence-electron chi connectivity index (χ3n) is 6.50. The molecule has 1 N–H and O–H groups in total. The number of aromatic hydroxyl groups is 1. The molecule has 3 heteroatoms. The van der Waals surface area contributed by atoms with Gasteiger partial charge in [-0.05, 0) is 73.1 Å². The molecule has 1 aromatic carbocycles. The van der Waals surface area contributed by atoms with E-state index in [0.29, 0.717) is 28.6 Å². The molecule has 0 radical (unpaired) electrons. The molecular formula is C18H21ClO2. The third-order valence-corrected chi connectivity index (χ3v) is 6.80. The van der Waals surface area contributed by atoms with Crippen LogP contribution in [0.25, 0.3) is 0 Å². The molecule has 0 bridgehead atoms. The van der Waals surface area contributed by atoms with Crippen molar-refractivity contribution in [2.75, 3.05) is 0 Å². The lowest BCUT2D eigenvalue weighted by atomic mass is 9.55. The van der Waals surface area contributed by atoms with E-state index in [1.54, 1.807) is 0 Å². The van der Waals surface area contributed by atoms with Crippen LogP contribution in [0.3, 0.4) is 0 Å². The molecule has 21 heavy (non-hydrogen) atoms. The SMILES string of the molecule is C[C@]12CCC3c4cc(Cl)c(O)cc4CCC3C1CCC2=O. The van der Waals surface area contributed by atoms with Crippen LogP contribution in [0, 0.1) is 17.3 Å². The second-order valence-electron chi connectivity index (χ2n) is 7.34. The Labute approximate surface area is 130 Å². The maximum absolute atomic E-state index is 12.3. The highest BCUT2D eigenvalue weighted by molar-refractivity contribution is 6.32. The van der Waals surface area contributed by atoms with E-state index < -0.39 is 0 Å². The van der Waals surface area contributed by atoms with Gasteiger partial charge in [-0.3, -0.25) is 4.79 Å². The Morgan fingerprint density at radius 2 is 2.05 bits per heavy atom. The number of hydrogen-bond acceptors (Lipinski definition) is 2. The first kappa shape index (κ1) is 13.6. The summed E-state index contributed by atoms with van der Waals surface area (Å²) in [5.41, 5.74) is 2.51. The summed E-state index contributed by atoms with van der Waals surface area (Å²) in [5, 5.41) is 10.3. The second-order valence-corrected chi connectivity index (χ2v) is 7.74. The molecule has 3 unspecified atom stereocenters. The summed E-state index contributed by atoms with van der Waals surface area (Å²) in [6, 6.07) is 3.82. The van der Waals surface area contributed by atoms with Gasteiger partial charge >= 0.3 is 0 Å². The van der Waals surface area contributed by atoms with E-state index in [2.05, 4.69) is 6.92 Å². The van der Waals surface area contributed by atoms with Crippen molar-refractivity contribution in [2.24, 2.45) is 17.3 Å². The molecular weight excluding hydrogens is 284 g/mol. The highest BCUT2D eigenvalue weighted by Gasteiger charge is 2.54. The van der Waals surface area contributed by atoms with Crippen molar-refractivity contribution in [2.45, 2.75) is 51.4 Å². The maximum Gasteiger partial charge on any atom is 0.139 e. The van der Waals surface area contributed by atoms with E-state index >= 15 is 0 Å². The Hall–Kier alpha value is -1.02. The topological polar surface area (TPSA) is 37.3 Å². The predicted octanol–water partition coefficient (Wildman–Crippen LogP) is 4.47. The van der Waals surface area contributed by atoms with Crippen molar-refractivity contribution < 1.29 is 9.90 Å². The van der Waals surface area contributed by atoms with Crippen molar-refractivity contribution in [3.8, 4) is 5.75 Å². The Morgan fingerprint density at radius 1 is 1.24 bits per heavy atom. The molecule has 2 fully saturated rings. The normalized spacial score (nSPS) is 37.8. The summed E-state index contributed by atoms with van der Waals surface area (Å²) in [6.45, 7) is 2.20. The molecule has 1 aromatic rings. The summed E-state index contributed by atoms with van der Waals surface area (Å²) in [5.74, 6) is 2.37. The number of phenols is 1. The van der Waals surface area contributed by atoms with E-state index in [0.717, 1.165) is 38.5 Å². The number of Topliss-reactive ketones (excluding diaryl/α,β-unsaturated/α-hetero) is 1. The van der Waals surface area contributed by atoms with Crippen LogP contribution >= 0.6 is 11.6 Å². The van der Waals surface area contributed by atoms with Gasteiger partial charge in [0.15, 0.2) is 0 Å². The quantitative estimate of drug-likeness (QED) is 0.768. The van der Waals surface area contributed by atoms with Gasteiger partial charge in [0.25, 0.3) is 0 Å². The number of carbonyl (C=O) groups is 1. The van der Waals surface area contributed by atoms with Gasteiger partial charge < -0.3 is 5.11 Å². The van der Waals surface area contributed by atoms with Gasteiger partial charge in [0.1, 0.15) is 11.5 Å². The number of benzene rings is 1. The molecule has 3 aliphatic carbocycles. The molecule has 4 rings (SSSR count). The molecule has 0 heterocycles. The van der Waals surface area contributed by atoms with Crippen molar-refractivity contribution in [3.05, 3.63) is 28.3 Å². The average molecular weight is 305 g/mol. The van der Waals surface area contributed by atoms with Gasteiger partial charge in [-0.2, -0.15) is 0 Å². The largest absolute Gasteiger partial charge is 0.506 e. The van der Waals surface area contributed by atoms with Crippen molar-refractivity contribution in [3.63, 3.8) is 0 Å². The van der Waals surface area contributed by atoms with E-state index in [-0.39, 0.29) is 11.2 Å². The summed E-state index contributed by atoms with van der Waals surface area (Å²) < 4.78 is 0. The number of aryl methyl sites for hydroxylation is 1. The number of fused-ring (bicyclic) bond motifs is 5. The fraction of sp³-hybridized carbons (Fsp3) is 0.611. The Morgan fingerprint density at radius 3 is 2.86 bits per heavy atom. The molecule has 2 saturated carbocycles. The molecule has 4 atom stereocenters. The number of ketones is 1. The Balaban J connectivity index is 1.75. The maximum atomic E-state index is 12.3. The van der Waals surface area contributed by atoms with E-state index in [1.165, 1.54) is 11.1 Å². The zero-order chi connectivity index (χ0) is 14.8. The van der Waals surface area contributed by atoms with Gasteiger partial charge in [0.2, 0.25) is 0 Å². The molecule has 0 spiro atoms. The first-order valence-corrected chi connectivity index (χ1v) is 8.43. The lowest BCUT2D eigenvalue weighted by Gasteiger charge is -2.48. The van der Waals surface area contributed by atoms with E-state index in [4.69, 9.17) is 11.6 Å². The summed E-state index contributed by atoms with van der Waals surface area (Å²) in [7, 11) is 0. The van der Waals surface area contributed by atoms with Crippen LogP contribution in [0.5, 0.6) is 5.75 Å². The van der Waals surface area contributed by atoms with Crippen LogP contribution in [0.15, 0.2) is 12.1 Å². The minimum atomic E-state index is -0.0701. The van der Waals surface area contributed by atoms with Crippen molar-refractivity contribution in [1.82, 2.24) is 0 Å². The zero-order valence-electron chi connectivity index (χ0n) is 12.4. The van der Waals surface area contributed by atoms with Gasteiger partial charge in [0, 0.05) is 11.8 Å². The van der Waals surface area contributed by atoms with Gasteiger partial charge in [-0.1, -0.05) is 18.5 Å². The minimum Gasteiger partial charge on any atom is -0.506 e. The van der Waals surface area contributed by atoms with Gasteiger partial charge in [-0.15, -0.1) is 0 Å². The minimum absolute atomic E-state index is 0.0701. The molecule has 0 aromatic heterocycles. The zero-order valence-corrected chi connectivity index (χ0v) is 13.1. The monoisotopic (exact) mass is 304 g/mol. The summed E-state index contributed by atoms with van der Waals surface area (Å²) >= 11 is 6.13. The van der Waals surface area contributed by atoms with Crippen LogP contribution in [-0.2, 0) is 11.2 Å². The summed E-state index contributed by atoms with van der Waals surface area (Å²) in [6.07, 6.45) is 6.08. The van der Waals surface area contributed by atoms with Crippen molar-refractivity contribution >= 4 is 17.4 Å². The highest BCUT2D eigenvalue weighted by Crippen LogP contribution is 2.59. The first-order chi connectivity index (χ1) is 10.0. The Kier molecular flexibility index (Phi) is 2.91. The van der Waals surface area contributed by atoms with Crippen LogP contribution < -0.4 is 0 Å². The second kappa shape index (κ2) is 4.49. The van der Waals surface area contributed by atoms with E-state index in [9.17, 15) is 9.90 Å². The third kappa shape index (κ3) is 1.81. The molecule has 112 valence electrons. The Bertz CT molecular complexity index is 624. The van der Waals surface area contributed by atoms with Crippen LogP contribution in [0.4, 0.5) is 0 Å². The van der Waals surface area contributed by atoms with E-state index in [1.807, 2.05) is 12.1 Å². The lowest BCUT2D eigenvalue weighted by molar-refractivity contribution is -0.129. The molecule has 2 nitrogen and oxygen atoms in total. The van der Waals surface area contributed by atoms with Gasteiger partial charge in [0.05, 0.1) is 5.02 Å². The first-order valence-electron chi connectivity index (χ1n) is 8.05. The number of carbonyl (C=O) groups excluding carboxylic acids is 1. The number of rotatable bonds is 0. The molecule has 0 aliphatic heterocycles. The van der Waals surface area contributed by atoms with Crippen LogP contribution in [0.1, 0.15) is 56.1 Å². The average Bonchev–Trinajstić information content (AvgIpc) is 2.76. The standard InChI is InChI=1S/C18H21ClO2/c1-18-7-6-11-12(14(18)4-5-17(18)21)3-2-10-8-16(20)15(19)9-13(10)11/h8-9,11-12,14,20H,2-7H2,1H3/t11?,12?,14?,18-/m0/s1. The summed E-state index contributed by atoms with van der Waals surface area (Å²) in [4.78, 5) is 12.3. The molecule has 3 aliphatic rings. The number of phenolic OH excluding ortho intramolecular Hbond substituents is 1. The molecule has 0 amide bonds. The number of hydrogen-bond donors (Lipinski definition) is 1. The van der Waals surface area contributed by atoms with Gasteiger partial charge in [-0.25, -0.2) is 0 Å². The smallest absolute Gasteiger partial charge is 0.139 e. The fourth-order valence-electron chi connectivity index (χ4n) is 5.35. The molecule has 0 saturated heterocycles.